The van der Waals surface area contributed by atoms with Crippen LogP contribution in [0.15, 0.2) is 4.52 Å². The largest absolute Gasteiger partial charge is 0.396 e. The standard InChI is InChI=1S/C15H25N3O2/c19-11-12-5-4-8-18(9-12)10-14-16-15(20-17-14)13-6-2-1-3-7-13/h12-13,19H,1-11H2. The van der Waals surface area contributed by atoms with Crippen molar-refractivity contribution < 1.29 is 9.63 Å². The molecule has 1 aromatic heterocycles. The van der Waals surface area contributed by atoms with Crippen molar-refractivity contribution in [2.45, 2.75) is 57.4 Å². The fourth-order valence-corrected chi connectivity index (χ4v) is 3.49. The van der Waals surface area contributed by atoms with Gasteiger partial charge >= 0.3 is 0 Å². The molecule has 1 aliphatic carbocycles. The van der Waals surface area contributed by atoms with Crippen molar-refractivity contribution in [1.82, 2.24) is 15.0 Å². The summed E-state index contributed by atoms with van der Waals surface area (Å²) in [5.41, 5.74) is 0. The lowest BCUT2D eigenvalue weighted by atomic mass is 9.89. The number of nitrogens with zero attached hydrogens (tertiary/aromatic N) is 3. The van der Waals surface area contributed by atoms with Crippen molar-refractivity contribution in [1.29, 1.82) is 0 Å². The van der Waals surface area contributed by atoms with Gasteiger partial charge in [-0.2, -0.15) is 4.98 Å². The molecule has 1 saturated carbocycles. The molecular formula is C15H25N3O2. The third kappa shape index (κ3) is 3.38. The van der Waals surface area contributed by atoms with Crippen LogP contribution in [0.2, 0.25) is 0 Å². The van der Waals surface area contributed by atoms with Crippen LogP contribution in [0.3, 0.4) is 0 Å². The lowest BCUT2D eigenvalue weighted by Crippen LogP contribution is -2.36. The average molecular weight is 279 g/mol. The molecule has 0 aromatic carbocycles. The van der Waals surface area contributed by atoms with E-state index in [1.54, 1.807) is 0 Å². The maximum atomic E-state index is 9.27. The molecule has 2 heterocycles. The number of aliphatic hydroxyl groups excluding tert-OH is 1. The summed E-state index contributed by atoms with van der Waals surface area (Å²) in [5, 5.41) is 13.4. The Morgan fingerprint density at radius 3 is 2.80 bits per heavy atom. The minimum absolute atomic E-state index is 0.288. The molecule has 2 fully saturated rings. The summed E-state index contributed by atoms with van der Waals surface area (Å²) in [5.74, 6) is 2.55. The number of piperidine rings is 1. The third-order valence-corrected chi connectivity index (χ3v) is 4.66. The van der Waals surface area contributed by atoms with Crippen LogP contribution >= 0.6 is 0 Å². The van der Waals surface area contributed by atoms with Crippen LogP contribution in [0.25, 0.3) is 0 Å². The van der Waals surface area contributed by atoms with Crippen LogP contribution < -0.4 is 0 Å². The number of aromatic nitrogens is 2. The first kappa shape index (κ1) is 14.0. The van der Waals surface area contributed by atoms with Gasteiger partial charge in [-0.25, -0.2) is 0 Å². The minimum atomic E-state index is 0.288. The molecule has 5 heteroatoms. The predicted molar refractivity (Wildman–Crippen MR) is 75.2 cm³/mol. The highest BCUT2D eigenvalue weighted by atomic mass is 16.5. The van der Waals surface area contributed by atoms with Crippen molar-refractivity contribution in [2.24, 2.45) is 5.92 Å². The Bertz CT molecular complexity index is 415. The van der Waals surface area contributed by atoms with Gasteiger partial charge in [0.2, 0.25) is 5.89 Å². The van der Waals surface area contributed by atoms with Crippen LogP contribution in [-0.2, 0) is 6.54 Å². The minimum Gasteiger partial charge on any atom is -0.396 e. The molecule has 1 aliphatic heterocycles. The molecule has 0 radical (unpaired) electrons. The van der Waals surface area contributed by atoms with Gasteiger partial charge in [-0.15, -0.1) is 0 Å². The van der Waals surface area contributed by atoms with Crippen molar-refractivity contribution in [3.05, 3.63) is 11.7 Å². The molecule has 0 bridgehead atoms. The van der Waals surface area contributed by atoms with E-state index < -0.39 is 0 Å². The van der Waals surface area contributed by atoms with E-state index in [2.05, 4.69) is 15.0 Å². The molecule has 1 atom stereocenters. The van der Waals surface area contributed by atoms with Gasteiger partial charge in [-0.05, 0) is 38.1 Å². The molecule has 1 unspecified atom stereocenters. The van der Waals surface area contributed by atoms with Crippen molar-refractivity contribution in [2.75, 3.05) is 19.7 Å². The topological polar surface area (TPSA) is 62.4 Å². The molecule has 5 nitrogen and oxygen atoms in total. The summed E-state index contributed by atoms with van der Waals surface area (Å²) < 4.78 is 5.46. The third-order valence-electron chi connectivity index (χ3n) is 4.66. The molecule has 0 amide bonds. The number of rotatable bonds is 4. The van der Waals surface area contributed by atoms with E-state index in [9.17, 15) is 5.11 Å². The van der Waals surface area contributed by atoms with Crippen LogP contribution in [0.4, 0.5) is 0 Å². The van der Waals surface area contributed by atoms with Gasteiger partial charge in [0.25, 0.3) is 0 Å². The van der Waals surface area contributed by atoms with Crippen molar-refractivity contribution in [3.8, 4) is 0 Å². The molecule has 1 N–H and O–H groups in total. The maximum Gasteiger partial charge on any atom is 0.229 e. The second-order valence-electron chi connectivity index (χ2n) is 6.31. The monoisotopic (exact) mass is 279 g/mol. The highest BCUT2D eigenvalue weighted by Gasteiger charge is 2.24. The fourth-order valence-electron chi connectivity index (χ4n) is 3.49. The number of hydrogen-bond donors (Lipinski definition) is 1. The van der Waals surface area contributed by atoms with Gasteiger partial charge in [0, 0.05) is 19.1 Å². The van der Waals surface area contributed by atoms with E-state index in [4.69, 9.17) is 4.52 Å². The van der Waals surface area contributed by atoms with E-state index in [0.717, 1.165) is 44.2 Å². The molecular weight excluding hydrogens is 254 g/mol. The van der Waals surface area contributed by atoms with Crippen molar-refractivity contribution in [3.63, 3.8) is 0 Å². The van der Waals surface area contributed by atoms with Gasteiger partial charge in [0.1, 0.15) is 0 Å². The highest BCUT2D eigenvalue weighted by Crippen LogP contribution is 2.31. The van der Waals surface area contributed by atoms with E-state index in [1.165, 1.54) is 32.1 Å². The summed E-state index contributed by atoms with van der Waals surface area (Å²) in [6.45, 7) is 3.07. The second-order valence-corrected chi connectivity index (χ2v) is 6.31. The lowest BCUT2D eigenvalue weighted by Gasteiger charge is -2.30. The van der Waals surface area contributed by atoms with E-state index in [0.29, 0.717) is 11.8 Å². The SMILES string of the molecule is OCC1CCCN(Cc2noc(C3CCCCC3)n2)C1. The Morgan fingerprint density at radius 1 is 1.15 bits per heavy atom. The molecule has 1 saturated heterocycles. The van der Waals surface area contributed by atoms with Crippen molar-refractivity contribution >= 4 is 0 Å². The Kier molecular flexibility index (Phi) is 4.68. The fraction of sp³-hybridized carbons (Fsp3) is 0.867. The molecule has 20 heavy (non-hydrogen) atoms. The Balaban J connectivity index is 1.56. The van der Waals surface area contributed by atoms with E-state index >= 15 is 0 Å². The lowest BCUT2D eigenvalue weighted by molar-refractivity contribution is 0.113. The Hall–Kier alpha value is -0.940. The maximum absolute atomic E-state index is 9.27. The van der Waals surface area contributed by atoms with Crippen LogP contribution in [0.5, 0.6) is 0 Å². The van der Waals surface area contributed by atoms with Crippen LogP contribution in [-0.4, -0.2) is 39.8 Å². The number of hydrogen-bond acceptors (Lipinski definition) is 5. The Labute approximate surface area is 120 Å². The normalized spacial score (nSPS) is 25.9. The van der Waals surface area contributed by atoms with Gasteiger partial charge in [-0.3, -0.25) is 4.90 Å². The number of aliphatic hydroxyl groups is 1. The number of likely N-dealkylation sites (tertiary alicyclic amines) is 1. The summed E-state index contributed by atoms with van der Waals surface area (Å²) in [7, 11) is 0. The zero-order valence-electron chi connectivity index (χ0n) is 12.1. The highest BCUT2D eigenvalue weighted by molar-refractivity contribution is 4.95. The second kappa shape index (κ2) is 6.68. The summed E-state index contributed by atoms with van der Waals surface area (Å²) in [4.78, 5) is 6.93. The summed E-state index contributed by atoms with van der Waals surface area (Å²) >= 11 is 0. The molecule has 3 rings (SSSR count). The first-order chi connectivity index (χ1) is 9.85. The van der Waals surface area contributed by atoms with E-state index in [1.807, 2.05) is 0 Å². The Morgan fingerprint density at radius 2 is 2.00 bits per heavy atom. The average Bonchev–Trinajstić information content (AvgIpc) is 2.97. The quantitative estimate of drug-likeness (QED) is 0.916. The van der Waals surface area contributed by atoms with E-state index in [-0.39, 0.29) is 6.61 Å². The molecule has 0 spiro atoms. The van der Waals surface area contributed by atoms with Crippen LogP contribution in [0.1, 0.15) is 62.6 Å². The van der Waals surface area contributed by atoms with Gasteiger partial charge in [0.15, 0.2) is 5.82 Å². The molecule has 112 valence electrons. The van der Waals surface area contributed by atoms with Gasteiger partial charge in [-0.1, -0.05) is 24.4 Å². The van der Waals surface area contributed by atoms with Gasteiger partial charge < -0.3 is 9.63 Å². The molecule has 2 aliphatic rings. The summed E-state index contributed by atoms with van der Waals surface area (Å²) in [6, 6.07) is 0. The van der Waals surface area contributed by atoms with Crippen LogP contribution in [0, 0.1) is 5.92 Å². The first-order valence-corrected chi connectivity index (χ1v) is 8.01. The predicted octanol–water partition coefficient (Wildman–Crippen LogP) is 2.32. The summed E-state index contributed by atoms with van der Waals surface area (Å²) in [6.07, 6.45) is 8.58. The zero-order chi connectivity index (χ0) is 13.8. The van der Waals surface area contributed by atoms with Gasteiger partial charge in [0.05, 0.1) is 6.54 Å². The first-order valence-electron chi connectivity index (χ1n) is 8.01. The molecule has 1 aromatic rings. The zero-order valence-corrected chi connectivity index (χ0v) is 12.1. The smallest absolute Gasteiger partial charge is 0.229 e.